The first-order chi connectivity index (χ1) is 10.0. The van der Waals surface area contributed by atoms with E-state index in [1.54, 1.807) is 23.1 Å². The number of likely N-dealkylation sites (tertiary alicyclic amines) is 1. The molecule has 0 unspecified atom stereocenters. The van der Waals surface area contributed by atoms with E-state index in [2.05, 4.69) is 6.07 Å². The van der Waals surface area contributed by atoms with Gasteiger partial charge < -0.3 is 14.6 Å². The normalized spacial score (nSPS) is 20.0. The summed E-state index contributed by atoms with van der Waals surface area (Å²) in [6.45, 7) is 3.51. The first-order valence-corrected chi connectivity index (χ1v) is 7.15. The van der Waals surface area contributed by atoms with E-state index < -0.39 is 7.12 Å². The number of amides is 1. The van der Waals surface area contributed by atoms with Crippen LogP contribution in [0.15, 0.2) is 18.2 Å². The predicted octanol–water partition coefficient (Wildman–Crippen LogP) is 0.670. The SMILES string of the molecule is CC1(C#N)CCN(C(=O)c2ccc3c(c2)COB3O)CC1. The van der Waals surface area contributed by atoms with Crippen LogP contribution in [-0.2, 0) is 11.3 Å². The first kappa shape index (κ1) is 14.1. The van der Waals surface area contributed by atoms with Crippen LogP contribution in [0, 0.1) is 16.7 Å². The summed E-state index contributed by atoms with van der Waals surface area (Å²) in [5.74, 6) is -0.0146. The molecule has 0 bridgehead atoms. The van der Waals surface area contributed by atoms with Crippen molar-refractivity contribution in [1.29, 1.82) is 5.26 Å². The molecular weight excluding hydrogens is 267 g/mol. The Morgan fingerprint density at radius 3 is 2.86 bits per heavy atom. The molecule has 5 nitrogen and oxygen atoms in total. The minimum Gasteiger partial charge on any atom is -0.423 e. The molecule has 1 aromatic carbocycles. The fourth-order valence-electron chi connectivity index (χ4n) is 2.86. The fraction of sp³-hybridized carbons (Fsp3) is 0.467. The Morgan fingerprint density at radius 2 is 2.19 bits per heavy atom. The number of fused-ring (bicyclic) bond motifs is 1. The summed E-state index contributed by atoms with van der Waals surface area (Å²) in [5.41, 5.74) is 1.91. The van der Waals surface area contributed by atoms with Crippen LogP contribution < -0.4 is 5.46 Å². The number of piperidine rings is 1. The molecular formula is C15H17BN2O3. The Labute approximate surface area is 124 Å². The van der Waals surface area contributed by atoms with Gasteiger partial charge >= 0.3 is 7.12 Å². The lowest BCUT2D eigenvalue weighted by Crippen LogP contribution is -2.41. The summed E-state index contributed by atoms with van der Waals surface area (Å²) in [5, 5.41) is 18.7. The van der Waals surface area contributed by atoms with Crippen molar-refractivity contribution >= 4 is 18.5 Å². The van der Waals surface area contributed by atoms with E-state index in [0.717, 1.165) is 11.0 Å². The van der Waals surface area contributed by atoms with Gasteiger partial charge in [0, 0.05) is 18.7 Å². The average molecular weight is 284 g/mol. The van der Waals surface area contributed by atoms with E-state index in [9.17, 15) is 9.82 Å². The molecule has 2 heterocycles. The quantitative estimate of drug-likeness (QED) is 0.769. The van der Waals surface area contributed by atoms with Gasteiger partial charge in [-0.25, -0.2) is 0 Å². The Kier molecular flexibility index (Phi) is 3.48. The second-order valence-electron chi connectivity index (χ2n) is 6.04. The van der Waals surface area contributed by atoms with E-state index in [1.165, 1.54) is 0 Å². The monoisotopic (exact) mass is 284 g/mol. The number of nitriles is 1. The van der Waals surface area contributed by atoms with Gasteiger partial charge in [-0.05, 0) is 42.9 Å². The van der Waals surface area contributed by atoms with Crippen molar-refractivity contribution in [2.75, 3.05) is 13.1 Å². The van der Waals surface area contributed by atoms with Gasteiger partial charge in [0.25, 0.3) is 5.91 Å². The van der Waals surface area contributed by atoms with Crippen molar-refractivity contribution in [2.45, 2.75) is 26.4 Å². The van der Waals surface area contributed by atoms with Gasteiger partial charge in [-0.15, -0.1) is 0 Å². The molecule has 0 spiro atoms. The van der Waals surface area contributed by atoms with E-state index in [-0.39, 0.29) is 11.3 Å². The van der Waals surface area contributed by atoms with Crippen LogP contribution in [0.1, 0.15) is 35.7 Å². The molecule has 1 fully saturated rings. The lowest BCUT2D eigenvalue weighted by atomic mass is 9.79. The minimum absolute atomic E-state index is 0.0146. The number of benzene rings is 1. The molecule has 0 saturated carbocycles. The van der Waals surface area contributed by atoms with Gasteiger partial charge in [-0.3, -0.25) is 4.79 Å². The van der Waals surface area contributed by atoms with Crippen LogP contribution in [0.5, 0.6) is 0 Å². The van der Waals surface area contributed by atoms with E-state index in [1.807, 2.05) is 6.92 Å². The second-order valence-corrected chi connectivity index (χ2v) is 6.04. The zero-order chi connectivity index (χ0) is 15.0. The molecule has 2 aliphatic rings. The van der Waals surface area contributed by atoms with Crippen molar-refractivity contribution in [3.05, 3.63) is 29.3 Å². The zero-order valence-corrected chi connectivity index (χ0v) is 12.0. The van der Waals surface area contributed by atoms with Crippen LogP contribution in [0.4, 0.5) is 0 Å². The molecule has 0 atom stereocenters. The number of hydrogen-bond acceptors (Lipinski definition) is 4. The van der Waals surface area contributed by atoms with Crippen molar-refractivity contribution in [3.63, 3.8) is 0 Å². The number of nitrogens with zero attached hydrogens (tertiary/aromatic N) is 2. The molecule has 6 heteroatoms. The minimum atomic E-state index is -0.879. The van der Waals surface area contributed by atoms with Gasteiger partial charge in [0.05, 0.1) is 18.1 Å². The van der Waals surface area contributed by atoms with Crippen molar-refractivity contribution in [1.82, 2.24) is 4.90 Å². The molecule has 0 aromatic heterocycles. The van der Waals surface area contributed by atoms with Gasteiger partial charge in [0.2, 0.25) is 0 Å². The zero-order valence-electron chi connectivity index (χ0n) is 12.0. The predicted molar refractivity (Wildman–Crippen MR) is 77.7 cm³/mol. The van der Waals surface area contributed by atoms with Crippen LogP contribution >= 0.6 is 0 Å². The summed E-state index contributed by atoms with van der Waals surface area (Å²) < 4.78 is 5.14. The molecule has 21 heavy (non-hydrogen) atoms. The third-order valence-corrected chi connectivity index (χ3v) is 4.48. The van der Waals surface area contributed by atoms with Gasteiger partial charge in [-0.1, -0.05) is 6.07 Å². The first-order valence-electron chi connectivity index (χ1n) is 7.15. The largest absolute Gasteiger partial charge is 0.491 e. The van der Waals surface area contributed by atoms with Crippen molar-refractivity contribution < 1.29 is 14.5 Å². The van der Waals surface area contributed by atoms with E-state index >= 15 is 0 Å². The highest BCUT2D eigenvalue weighted by atomic mass is 16.5. The lowest BCUT2D eigenvalue weighted by Gasteiger charge is -2.35. The number of carbonyl (C=O) groups is 1. The van der Waals surface area contributed by atoms with Crippen LogP contribution in [0.2, 0.25) is 0 Å². The Hall–Kier alpha value is -1.84. The summed E-state index contributed by atoms with van der Waals surface area (Å²) in [6.07, 6.45) is 1.42. The summed E-state index contributed by atoms with van der Waals surface area (Å²) in [7, 11) is -0.879. The Balaban J connectivity index is 1.74. The van der Waals surface area contributed by atoms with Gasteiger partial charge in [-0.2, -0.15) is 5.26 Å². The standard InChI is InChI=1S/C15H17BN2O3/c1-15(10-17)4-6-18(7-5-15)14(19)11-2-3-13-12(8-11)9-21-16(13)20/h2-3,8,20H,4-7,9H2,1H3. The highest BCUT2D eigenvalue weighted by Crippen LogP contribution is 2.30. The van der Waals surface area contributed by atoms with Crippen LogP contribution in [-0.4, -0.2) is 36.0 Å². The van der Waals surface area contributed by atoms with Gasteiger partial charge in [0.1, 0.15) is 0 Å². The third-order valence-electron chi connectivity index (χ3n) is 4.48. The molecule has 108 valence electrons. The van der Waals surface area contributed by atoms with Crippen molar-refractivity contribution in [2.24, 2.45) is 5.41 Å². The van der Waals surface area contributed by atoms with Crippen LogP contribution in [0.25, 0.3) is 0 Å². The summed E-state index contributed by atoms with van der Waals surface area (Å²) in [6, 6.07) is 7.62. The summed E-state index contributed by atoms with van der Waals surface area (Å²) in [4.78, 5) is 14.3. The molecule has 1 N–H and O–H groups in total. The Bertz CT molecular complexity index is 618. The lowest BCUT2D eigenvalue weighted by molar-refractivity contribution is 0.0661. The fourth-order valence-corrected chi connectivity index (χ4v) is 2.86. The second kappa shape index (κ2) is 5.17. The smallest absolute Gasteiger partial charge is 0.423 e. The topological polar surface area (TPSA) is 73.6 Å². The molecule has 0 aliphatic carbocycles. The average Bonchev–Trinajstić information content (AvgIpc) is 2.88. The summed E-state index contributed by atoms with van der Waals surface area (Å²) >= 11 is 0. The maximum Gasteiger partial charge on any atom is 0.491 e. The van der Waals surface area contributed by atoms with E-state index in [4.69, 9.17) is 9.92 Å². The number of hydrogen-bond donors (Lipinski definition) is 1. The highest BCUT2D eigenvalue weighted by molar-refractivity contribution is 6.61. The highest BCUT2D eigenvalue weighted by Gasteiger charge is 2.33. The maximum absolute atomic E-state index is 12.5. The number of carbonyl (C=O) groups excluding carboxylic acids is 1. The van der Waals surface area contributed by atoms with Crippen LogP contribution in [0.3, 0.4) is 0 Å². The molecule has 2 aliphatic heterocycles. The third kappa shape index (κ3) is 2.55. The molecule has 1 saturated heterocycles. The van der Waals surface area contributed by atoms with Crippen molar-refractivity contribution in [3.8, 4) is 6.07 Å². The van der Waals surface area contributed by atoms with E-state index in [0.29, 0.717) is 38.1 Å². The van der Waals surface area contributed by atoms with Gasteiger partial charge in [0.15, 0.2) is 0 Å². The maximum atomic E-state index is 12.5. The Morgan fingerprint density at radius 1 is 1.48 bits per heavy atom. The molecule has 0 radical (unpaired) electrons. The number of rotatable bonds is 1. The molecule has 1 amide bonds. The molecule has 1 aromatic rings. The molecule has 3 rings (SSSR count).